The third-order valence-electron chi connectivity index (χ3n) is 3.07. The summed E-state index contributed by atoms with van der Waals surface area (Å²) in [4.78, 5) is 26.6. The highest BCUT2D eigenvalue weighted by Gasteiger charge is 2.31. The maximum Gasteiger partial charge on any atom is 0.240 e. The van der Waals surface area contributed by atoms with Crippen LogP contribution in [0, 0.1) is 0 Å². The van der Waals surface area contributed by atoms with Gasteiger partial charge in [0.25, 0.3) is 0 Å². The molecule has 108 valence electrons. The molecule has 0 spiro atoms. The van der Waals surface area contributed by atoms with Crippen LogP contribution >= 0.6 is 11.8 Å². The van der Waals surface area contributed by atoms with E-state index in [9.17, 15) is 9.59 Å². The van der Waals surface area contributed by atoms with E-state index in [0.29, 0.717) is 12.2 Å². The van der Waals surface area contributed by atoms with Crippen LogP contribution in [-0.4, -0.2) is 30.2 Å². The van der Waals surface area contributed by atoms with Crippen molar-refractivity contribution >= 4 is 35.0 Å². The summed E-state index contributed by atoms with van der Waals surface area (Å²) in [7, 11) is 0. The Morgan fingerprint density at radius 2 is 2.25 bits per heavy atom. The molecule has 0 aromatic heterocycles. The van der Waals surface area contributed by atoms with Gasteiger partial charge in [-0.05, 0) is 31.5 Å². The second kappa shape index (κ2) is 6.17. The van der Waals surface area contributed by atoms with E-state index in [1.54, 1.807) is 17.0 Å². The maximum atomic E-state index is 12.3. The lowest BCUT2D eigenvalue weighted by Gasteiger charge is -2.32. The predicted octanol–water partition coefficient (Wildman–Crippen LogP) is 1.62. The number of thioether (sulfide) groups is 1. The van der Waals surface area contributed by atoms with Crippen LogP contribution in [0.5, 0.6) is 0 Å². The average Bonchev–Trinajstić information content (AvgIpc) is 2.41. The first-order valence-corrected chi connectivity index (χ1v) is 7.55. The van der Waals surface area contributed by atoms with Gasteiger partial charge in [-0.1, -0.05) is 6.92 Å². The van der Waals surface area contributed by atoms with Crippen LogP contribution in [0.25, 0.3) is 0 Å². The van der Waals surface area contributed by atoms with E-state index >= 15 is 0 Å². The summed E-state index contributed by atoms with van der Waals surface area (Å²) >= 11 is 1.48. The Bertz CT molecular complexity index is 533. The number of carbonyl (C=O) groups is 2. The lowest BCUT2D eigenvalue weighted by Crippen LogP contribution is -2.46. The van der Waals surface area contributed by atoms with E-state index in [-0.39, 0.29) is 23.6 Å². The van der Waals surface area contributed by atoms with Gasteiger partial charge in [-0.3, -0.25) is 9.59 Å². The number of nitrogens with one attached hydrogen (secondary N) is 1. The molecule has 1 aromatic carbocycles. The zero-order chi connectivity index (χ0) is 14.7. The van der Waals surface area contributed by atoms with Crippen molar-refractivity contribution in [2.24, 2.45) is 0 Å². The number of anilines is 2. The number of carbonyl (C=O) groups excluding carboxylic acids is 2. The van der Waals surface area contributed by atoms with Crippen molar-refractivity contribution in [1.82, 2.24) is 5.32 Å². The summed E-state index contributed by atoms with van der Waals surface area (Å²) in [5.74, 6) is -0.180. The molecule has 2 rings (SSSR count). The number of hydrogen-bond donors (Lipinski definition) is 2. The number of hydrogen-bond acceptors (Lipinski definition) is 4. The third kappa shape index (κ3) is 3.07. The van der Waals surface area contributed by atoms with E-state index in [1.807, 2.05) is 19.9 Å². The number of nitrogens with two attached hydrogens (primary N) is 1. The van der Waals surface area contributed by atoms with Crippen molar-refractivity contribution in [1.29, 1.82) is 0 Å². The summed E-state index contributed by atoms with van der Waals surface area (Å²) in [6.45, 7) is 4.51. The van der Waals surface area contributed by atoms with E-state index in [0.717, 1.165) is 17.0 Å². The molecule has 1 heterocycles. The molecule has 1 atom stereocenters. The van der Waals surface area contributed by atoms with Gasteiger partial charge in [0.15, 0.2) is 0 Å². The van der Waals surface area contributed by atoms with Gasteiger partial charge in [-0.25, -0.2) is 0 Å². The number of rotatable bonds is 4. The Balaban J connectivity index is 2.23. The average molecular weight is 293 g/mol. The second-order valence-corrected chi connectivity index (χ2v) is 6.14. The van der Waals surface area contributed by atoms with Crippen LogP contribution in [0.3, 0.4) is 0 Å². The first kappa shape index (κ1) is 14.7. The molecule has 2 amide bonds. The fourth-order valence-electron chi connectivity index (χ4n) is 2.05. The van der Waals surface area contributed by atoms with Crippen LogP contribution in [-0.2, 0) is 9.59 Å². The van der Waals surface area contributed by atoms with Gasteiger partial charge >= 0.3 is 0 Å². The van der Waals surface area contributed by atoms with Crippen LogP contribution in [0.1, 0.15) is 20.3 Å². The van der Waals surface area contributed by atoms with Gasteiger partial charge in [0.1, 0.15) is 6.54 Å². The number of amides is 2. The molecule has 0 radical (unpaired) electrons. The minimum Gasteiger partial charge on any atom is -0.399 e. The summed E-state index contributed by atoms with van der Waals surface area (Å²) in [6.07, 6.45) is 0.874. The molecular formula is C14H19N3O2S. The normalized spacial score (nSPS) is 17.8. The molecule has 0 saturated carbocycles. The van der Waals surface area contributed by atoms with Gasteiger partial charge in [0, 0.05) is 17.1 Å². The Morgan fingerprint density at radius 3 is 2.95 bits per heavy atom. The van der Waals surface area contributed by atoms with Gasteiger partial charge in [-0.15, -0.1) is 11.8 Å². The molecule has 1 aliphatic rings. The highest BCUT2D eigenvalue weighted by atomic mass is 32.2. The highest BCUT2D eigenvalue weighted by molar-refractivity contribution is 8.01. The predicted molar refractivity (Wildman–Crippen MR) is 81.8 cm³/mol. The zero-order valence-electron chi connectivity index (χ0n) is 11.7. The lowest BCUT2D eigenvalue weighted by molar-refractivity contribution is -0.123. The summed E-state index contributed by atoms with van der Waals surface area (Å²) in [5, 5.41) is 2.59. The van der Waals surface area contributed by atoms with Crippen molar-refractivity contribution in [3.05, 3.63) is 18.2 Å². The molecule has 1 aromatic rings. The smallest absolute Gasteiger partial charge is 0.240 e. The Morgan fingerprint density at radius 1 is 1.50 bits per heavy atom. The standard InChI is InChI=1S/C14H19N3O2S/c1-3-6-16-13(18)8-17-11-5-4-10(15)7-12(11)20-9(2)14(17)19/h4-5,7,9H,3,6,8,15H2,1-2H3,(H,16,18). The molecular weight excluding hydrogens is 274 g/mol. The SMILES string of the molecule is CCCNC(=O)CN1C(=O)C(C)Sc2cc(N)ccc21. The van der Waals surface area contributed by atoms with E-state index in [1.165, 1.54) is 11.8 Å². The molecule has 0 fully saturated rings. The fraction of sp³-hybridized carbons (Fsp3) is 0.429. The Labute approximate surface area is 122 Å². The lowest BCUT2D eigenvalue weighted by atomic mass is 10.2. The molecule has 3 N–H and O–H groups in total. The van der Waals surface area contributed by atoms with Crippen molar-refractivity contribution in [2.45, 2.75) is 30.4 Å². The van der Waals surface area contributed by atoms with Crippen molar-refractivity contribution in [3.8, 4) is 0 Å². The Hall–Kier alpha value is -1.69. The topological polar surface area (TPSA) is 75.4 Å². The molecule has 1 unspecified atom stereocenters. The van der Waals surface area contributed by atoms with Gasteiger partial charge in [0.05, 0.1) is 10.9 Å². The number of nitrogens with zero attached hydrogens (tertiary/aromatic N) is 1. The summed E-state index contributed by atoms with van der Waals surface area (Å²) < 4.78 is 0. The molecule has 20 heavy (non-hydrogen) atoms. The quantitative estimate of drug-likeness (QED) is 0.827. The largest absolute Gasteiger partial charge is 0.399 e. The van der Waals surface area contributed by atoms with Gasteiger partial charge in [0.2, 0.25) is 11.8 Å². The van der Waals surface area contributed by atoms with Crippen LogP contribution in [0.15, 0.2) is 23.1 Å². The molecule has 0 aliphatic carbocycles. The number of fused-ring (bicyclic) bond motifs is 1. The molecule has 0 saturated heterocycles. The first-order chi connectivity index (χ1) is 9.52. The van der Waals surface area contributed by atoms with E-state index in [2.05, 4.69) is 5.32 Å². The minimum atomic E-state index is -0.205. The molecule has 1 aliphatic heterocycles. The van der Waals surface area contributed by atoms with Gasteiger partial charge in [-0.2, -0.15) is 0 Å². The van der Waals surface area contributed by atoms with Crippen molar-refractivity contribution in [2.75, 3.05) is 23.7 Å². The summed E-state index contributed by atoms with van der Waals surface area (Å²) in [5.41, 5.74) is 7.20. The minimum absolute atomic E-state index is 0.0427. The van der Waals surface area contributed by atoms with Crippen molar-refractivity contribution in [3.63, 3.8) is 0 Å². The van der Waals surface area contributed by atoms with E-state index in [4.69, 9.17) is 5.73 Å². The first-order valence-electron chi connectivity index (χ1n) is 6.67. The molecule has 0 bridgehead atoms. The van der Waals surface area contributed by atoms with Crippen LogP contribution in [0.2, 0.25) is 0 Å². The fourth-order valence-corrected chi connectivity index (χ4v) is 3.17. The summed E-state index contributed by atoms with van der Waals surface area (Å²) in [6, 6.07) is 5.40. The maximum absolute atomic E-state index is 12.3. The molecule has 5 nitrogen and oxygen atoms in total. The second-order valence-electron chi connectivity index (χ2n) is 4.76. The monoisotopic (exact) mass is 293 g/mol. The third-order valence-corrected chi connectivity index (χ3v) is 4.20. The molecule has 6 heteroatoms. The highest BCUT2D eigenvalue weighted by Crippen LogP contribution is 2.39. The van der Waals surface area contributed by atoms with Crippen LogP contribution < -0.4 is 16.0 Å². The zero-order valence-corrected chi connectivity index (χ0v) is 12.5. The van der Waals surface area contributed by atoms with Gasteiger partial charge < -0.3 is 16.0 Å². The number of benzene rings is 1. The van der Waals surface area contributed by atoms with E-state index < -0.39 is 0 Å². The van der Waals surface area contributed by atoms with Crippen LogP contribution in [0.4, 0.5) is 11.4 Å². The van der Waals surface area contributed by atoms with Crippen molar-refractivity contribution < 1.29 is 9.59 Å². The Kier molecular flexibility index (Phi) is 4.54. The number of nitrogen functional groups attached to an aromatic ring is 1.